The molecule has 6 heteroatoms. The molecular weight excluding hydrogens is 248 g/mol. The quantitative estimate of drug-likeness (QED) is 0.801. The van der Waals surface area contributed by atoms with Crippen molar-refractivity contribution in [2.24, 2.45) is 0 Å². The van der Waals surface area contributed by atoms with E-state index in [1.807, 2.05) is 0 Å². The molecule has 0 heterocycles. The van der Waals surface area contributed by atoms with Crippen LogP contribution >= 0.6 is 23.8 Å². The highest BCUT2D eigenvalue weighted by molar-refractivity contribution is 7.80. The summed E-state index contributed by atoms with van der Waals surface area (Å²) in [5.41, 5.74) is 0.703. The number of thiocarbonyl (C=S) groups is 1. The van der Waals surface area contributed by atoms with Gasteiger partial charge in [0.05, 0.1) is 6.61 Å². The van der Waals surface area contributed by atoms with Crippen LogP contribution in [0.15, 0.2) is 24.3 Å². The number of hydrogen-bond acceptors (Lipinski definition) is 3. The number of alkyl carbamates (subject to hydrolysis) is 1. The molecule has 0 saturated heterocycles. The molecule has 0 atom stereocenters. The van der Waals surface area contributed by atoms with E-state index in [0.29, 0.717) is 17.3 Å². The molecule has 0 spiro atoms. The van der Waals surface area contributed by atoms with E-state index in [2.05, 4.69) is 15.4 Å². The number of ether oxygens (including phenoxy) is 1. The molecular formula is C10H11ClN2O2S. The van der Waals surface area contributed by atoms with Gasteiger partial charge in [-0.1, -0.05) is 17.7 Å². The van der Waals surface area contributed by atoms with Gasteiger partial charge in [0.15, 0.2) is 5.11 Å². The van der Waals surface area contributed by atoms with E-state index in [4.69, 9.17) is 23.8 Å². The van der Waals surface area contributed by atoms with Gasteiger partial charge < -0.3 is 10.1 Å². The van der Waals surface area contributed by atoms with Crippen LogP contribution in [0.2, 0.25) is 5.02 Å². The summed E-state index contributed by atoms with van der Waals surface area (Å²) >= 11 is 10.7. The van der Waals surface area contributed by atoms with Gasteiger partial charge in [-0.15, -0.1) is 0 Å². The van der Waals surface area contributed by atoms with Crippen molar-refractivity contribution < 1.29 is 9.53 Å². The second kappa shape index (κ2) is 6.30. The summed E-state index contributed by atoms with van der Waals surface area (Å²) in [7, 11) is 0. The Balaban J connectivity index is 2.48. The first kappa shape index (κ1) is 12.7. The number of rotatable bonds is 2. The molecule has 86 valence electrons. The molecule has 0 aliphatic carbocycles. The molecule has 0 aliphatic heterocycles. The first-order chi connectivity index (χ1) is 7.61. The molecule has 1 rings (SSSR count). The Hall–Kier alpha value is -1.33. The lowest BCUT2D eigenvalue weighted by atomic mass is 10.3. The summed E-state index contributed by atoms with van der Waals surface area (Å²) in [5, 5.41) is 5.93. The third-order valence-corrected chi connectivity index (χ3v) is 2.01. The first-order valence-electron chi connectivity index (χ1n) is 4.62. The minimum absolute atomic E-state index is 0.167. The Labute approximate surface area is 104 Å². The predicted octanol–water partition coefficient (Wildman–Crippen LogP) is 2.78. The van der Waals surface area contributed by atoms with Crippen LogP contribution in [0.3, 0.4) is 0 Å². The van der Waals surface area contributed by atoms with E-state index in [9.17, 15) is 4.79 Å². The maximum atomic E-state index is 11.0. The predicted molar refractivity (Wildman–Crippen MR) is 67.8 cm³/mol. The van der Waals surface area contributed by atoms with Crippen LogP contribution in [0, 0.1) is 0 Å². The van der Waals surface area contributed by atoms with E-state index in [1.165, 1.54) is 0 Å². The lowest BCUT2D eigenvalue weighted by molar-refractivity contribution is 0.158. The molecule has 16 heavy (non-hydrogen) atoms. The monoisotopic (exact) mass is 258 g/mol. The minimum atomic E-state index is -0.581. The third-order valence-electron chi connectivity index (χ3n) is 1.57. The molecule has 1 amide bonds. The van der Waals surface area contributed by atoms with Gasteiger partial charge >= 0.3 is 6.09 Å². The van der Waals surface area contributed by atoms with E-state index in [0.717, 1.165) is 0 Å². The van der Waals surface area contributed by atoms with Gasteiger partial charge in [-0.25, -0.2) is 4.79 Å². The number of amides is 1. The van der Waals surface area contributed by atoms with Gasteiger partial charge in [0.1, 0.15) is 0 Å². The van der Waals surface area contributed by atoms with Crippen LogP contribution in [0.4, 0.5) is 10.5 Å². The van der Waals surface area contributed by atoms with Gasteiger partial charge in [0.2, 0.25) is 0 Å². The Bertz CT molecular complexity index is 398. The van der Waals surface area contributed by atoms with Crippen molar-refractivity contribution in [3.05, 3.63) is 29.3 Å². The zero-order chi connectivity index (χ0) is 12.0. The minimum Gasteiger partial charge on any atom is -0.450 e. The highest BCUT2D eigenvalue weighted by Gasteiger charge is 2.04. The Morgan fingerprint density at radius 2 is 2.31 bits per heavy atom. The van der Waals surface area contributed by atoms with Gasteiger partial charge in [-0.2, -0.15) is 0 Å². The van der Waals surface area contributed by atoms with Crippen molar-refractivity contribution in [2.45, 2.75) is 6.92 Å². The highest BCUT2D eigenvalue weighted by atomic mass is 35.5. The van der Waals surface area contributed by atoms with Gasteiger partial charge in [-0.05, 0) is 37.3 Å². The van der Waals surface area contributed by atoms with Crippen LogP contribution in [-0.2, 0) is 4.74 Å². The lowest BCUT2D eigenvalue weighted by Crippen LogP contribution is -2.34. The molecule has 0 saturated carbocycles. The van der Waals surface area contributed by atoms with Crippen LogP contribution in [0.25, 0.3) is 0 Å². The normalized spacial score (nSPS) is 9.38. The second-order valence-corrected chi connectivity index (χ2v) is 3.65. The average molecular weight is 259 g/mol. The standard InChI is InChI=1S/C10H11ClN2O2S/c1-2-15-10(14)13-9(16)12-8-5-3-4-7(11)6-8/h3-6H,2H2,1H3,(H2,12,13,14,16). The zero-order valence-corrected chi connectivity index (χ0v) is 10.2. The summed E-state index contributed by atoms with van der Waals surface area (Å²) in [5.74, 6) is 0. The molecule has 1 aromatic carbocycles. The molecule has 0 aliphatic rings. The van der Waals surface area contributed by atoms with Crippen LogP contribution < -0.4 is 10.6 Å². The molecule has 4 nitrogen and oxygen atoms in total. The van der Waals surface area contributed by atoms with E-state index < -0.39 is 6.09 Å². The number of anilines is 1. The summed E-state index contributed by atoms with van der Waals surface area (Å²) in [6, 6.07) is 7.00. The van der Waals surface area contributed by atoms with Crippen molar-refractivity contribution in [2.75, 3.05) is 11.9 Å². The molecule has 0 fully saturated rings. The van der Waals surface area contributed by atoms with Crippen LogP contribution in [0.5, 0.6) is 0 Å². The summed E-state index contributed by atoms with van der Waals surface area (Å²) in [6.07, 6.45) is -0.581. The number of nitrogens with one attached hydrogen (secondary N) is 2. The lowest BCUT2D eigenvalue weighted by Gasteiger charge is -2.09. The second-order valence-electron chi connectivity index (χ2n) is 2.81. The SMILES string of the molecule is CCOC(=O)NC(=S)Nc1cccc(Cl)c1. The molecule has 0 bridgehead atoms. The fourth-order valence-electron chi connectivity index (χ4n) is 0.988. The van der Waals surface area contributed by atoms with E-state index >= 15 is 0 Å². The average Bonchev–Trinajstić information content (AvgIpc) is 2.17. The zero-order valence-electron chi connectivity index (χ0n) is 8.62. The highest BCUT2D eigenvalue weighted by Crippen LogP contribution is 2.14. The van der Waals surface area contributed by atoms with Crippen LogP contribution in [0.1, 0.15) is 6.92 Å². The van der Waals surface area contributed by atoms with Crippen molar-refractivity contribution in [3.8, 4) is 0 Å². The number of benzene rings is 1. The molecule has 2 N–H and O–H groups in total. The fraction of sp³-hybridized carbons (Fsp3) is 0.200. The Morgan fingerprint density at radius 1 is 1.56 bits per heavy atom. The third kappa shape index (κ3) is 4.46. The van der Waals surface area contributed by atoms with Crippen molar-refractivity contribution >= 4 is 40.7 Å². The first-order valence-corrected chi connectivity index (χ1v) is 5.40. The van der Waals surface area contributed by atoms with Gasteiger partial charge in [-0.3, -0.25) is 5.32 Å². The van der Waals surface area contributed by atoms with Crippen molar-refractivity contribution in [3.63, 3.8) is 0 Å². The number of carbonyl (C=O) groups is 1. The molecule has 0 aromatic heterocycles. The number of halogens is 1. The maximum absolute atomic E-state index is 11.0. The Morgan fingerprint density at radius 3 is 2.94 bits per heavy atom. The smallest absolute Gasteiger partial charge is 0.413 e. The number of carbonyl (C=O) groups excluding carboxylic acids is 1. The largest absolute Gasteiger partial charge is 0.450 e. The van der Waals surface area contributed by atoms with Crippen molar-refractivity contribution in [1.82, 2.24) is 5.32 Å². The van der Waals surface area contributed by atoms with Gasteiger partial charge in [0, 0.05) is 10.7 Å². The summed E-state index contributed by atoms with van der Waals surface area (Å²) < 4.78 is 4.67. The molecule has 0 radical (unpaired) electrons. The summed E-state index contributed by atoms with van der Waals surface area (Å²) in [6.45, 7) is 2.01. The topological polar surface area (TPSA) is 50.4 Å². The fourth-order valence-corrected chi connectivity index (χ4v) is 1.38. The van der Waals surface area contributed by atoms with Crippen LogP contribution in [-0.4, -0.2) is 17.8 Å². The summed E-state index contributed by atoms with van der Waals surface area (Å²) in [4.78, 5) is 11.0. The van der Waals surface area contributed by atoms with Gasteiger partial charge in [0.25, 0.3) is 0 Å². The molecule has 1 aromatic rings. The molecule has 0 unspecified atom stereocenters. The van der Waals surface area contributed by atoms with E-state index in [1.54, 1.807) is 31.2 Å². The maximum Gasteiger partial charge on any atom is 0.413 e. The van der Waals surface area contributed by atoms with Crippen molar-refractivity contribution in [1.29, 1.82) is 0 Å². The van der Waals surface area contributed by atoms with E-state index in [-0.39, 0.29) is 5.11 Å². The number of hydrogen-bond donors (Lipinski definition) is 2. The Kier molecular flexibility index (Phi) is 5.01.